The first-order chi connectivity index (χ1) is 17.4. The van der Waals surface area contributed by atoms with Gasteiger partial charge in [-0.05, 0) is 38.7 Å². The van der Waals surface area contributed by atoms with Gasteiger partial charge in [-0.15, -0.1) is 6.58 Å². The van der Waals surface area contributed by atoms with Crippen molar-refractivity contribution in [1.82, 2.24) is 9.80 Å². The number of piperazine rings is 1. The third kappa shape index (κ3) is 9.30. The molecule has 2 heterocycles. The van der Waals surface area contributed by atoms with Crippen molar-refractivity contribution in [3.05, 3.63) is 75.9 Å². The Bertz CT molecular complexity index is 1020. The van der Waals surface area contributed by atoms with Crippen LogP contribution in [0, 0.1) is 13.8 Å². The van der Waals surface area contributed by atoms with Gasteiger partial charge in [0.2, 0.25) is 17.1 Å². The van der Waals surface area contributed by atoms with Gasteiger partial charge in [-0.25, -0.2) is 0 Å². The van der Waals surface area contributed by atoms with E-state index in [9.17, 15) is 9.59 Å². The number of benzene rings is 1. The topological polar surface area (TPSA) is 63.0 Å². The summed E-state index contributed by atoms with van der Waals surface area (Å²) in [6.07, 6.45) is 12.2. The van der Waals surface area contributed by atoms with Crippen molar-refractivity contribution in [2.75, 3.05) is 26.2 Å². The minimum atomic E-state index is -0.171. The molecule has 0 unspecified atom stereocenters. The molecule has 2 aromatic rings. The van der Waals surface area contributed by atoms with E-state index in [2.05, 4.69) is 29.7 Å². The van der Waals surface area contributed by atoms with E-state index >= 15 is 0 Å². The summed E-state index contributed by atoms with van der Waals surface area (Å²) < 4.78 is 11.4. The molecule has 0 aliphatic carbocycles. The number of nitrogens with zero attached hydrogens (tertiary/aromatic N) is 2. The molecule has 1 saturated heterocycles. The fourth-order valence-electron chi connectivity index (χ4n) is 4.75. The van der Waals surface area contributed by atoms with E-state index in [1.807, 2.05) is 24.8 Å². The summed E-state index contributed by atoms with van der Waals surface area (Å²) in [5.74, 6) is 1.11. The highest BCUT2D eigenvalue weighted by atomic mass is 16.5. The van der Waals surface area contributed by atoms with E-state index < -0.39 is 0 Å². The van der Waals surface area contributed by atoms with Crippen molar-refractivity contribution in [3.8, 4) is 5.75 Å². The summed E-state index contributed by atoms with van der Waals surface area (Å²) in [5, 5.41) is 0. The van der Waals surface area contributed by atoms with Gasteiger partial charge < -0.3 is 14.1 Å². The van der Waals surface area contributed by atoms with Crippen LogP contribution in [0.4, 0.5) is 0 Å². The standard InChI is InChI=1S/C30H42N2O4/c1-4-5-6-7-8-9-10-11-12-30(34)32-15-13-31(14-16-32)21-27-20-28(33)29(23-35-27)36-22-26-18-24(2)17-25(3)19-26/h4,17-20,23H,1,5-16,21-22H2,2-3H3. The number of hydrogen-bond acceptors (Lipinski definition) is 5. The zero-order chi connectivity index (χ0) is 25.8. The van der Waals surface area contributed by atoms with Crippen molar-refractivity contribution in [3.63, 3.8) is 0 Å². The minimum absolute atomic E-state index is 0.171. The van der Waals surface area contributed by atoms with Crippen molar-refractivity contribution < 1.29 is 13.9 Å². The molecular weight excluding hydrogens is 452 g/mol. The van der Waals surface area contributed by atoms with Crippen molar-refractivity contribution in [1.29, 1.82) is 0 Å². The molecule has 1 aromatic heterocycles. The molecular formula is C30H42N2O4. The van der Waals surface area contributed by atoms with Gasteiger partial charge in [-0.1, -0.05) is 61.1 Å². The van der Waals surface area contributed by atoms with Crippen LogP contribution < -0.4 is 10.2 Å². The summed E-state index contributed by atoms with van der Waals surface area (Å²) in [6, 6.07) is 7.74. The molecule has 0 radical (unpaired) electrons. The number of rotatable bonds is 14. The first-order valence-corrected chi connectivity index (χ1v) is 13.4. The van der Waals surface area contributed by atoms with Crippen LogP contribution in [0.2, 0.25) is 0 Å². The summed E-state index contributed by atoms with van der Waals surface area (Å²) in [7, 11) is 0. The Morgan fingerprint density at radius 1 is 0.972 bits per heavy atom. The van der Waals surface area contributed by atoms with E-state index in [0.29, 0.717) is 25.3 Å². The molecule has 3 rings (SSSR count). The van der Waals surface area contributed by atoms with Crippen LogP contribution in [0.1, 0.15) is 73.8 Å². The minimum Gasteiger partial charge on any atom is -0.482 e. The number of carbonyl (C=O) groups excluding carboxylic acids is 1. The van der Waals surface area contributed by atoms with Crippen LogP contribution in [-0.2, 0) is 17.9 Å². The Labute approximate surface area is 215 Å². The second-order valence-electron chi connectivity index (χ2n) is 9.97. The van der Waals surface area contributed by atoms with Gasteiger partial charge in [0.05, 0.1) is 6.54 Å². The smallest absolute Gasteiger partial charge is 0.227 e. The molecule has 1 aliphatic heterocycles. The first-order valence-electron chi connectivity index (χ1n) is 13.4. The average molecular weight is 495 g/mol. The molecule has 1 amide bonds. The number of amides is 1. The summed E-state index contributed by atoms with van der Waals surface area (Å²) in [5.41, 5.74) is 3.20. The third-order valence-electron chi connectivity index (χ3n) is 6.68. The third-order valence-corrected chi connectivity index (χ3v) is 6.68. The molecule has 0 spiro atoms. The van der Waals surface area contributed by atoms with Crippen LogP contribution in [0.15, 0.2) is 52.4 Å². The predicted octanol–water partition coefficient (Wildman–Crippen LogP) is 5.79. The van der Waals surface area contributed by atoms with Gasteiger partial charge in [0, 0.05) is 38.7 Å². The van der Waals surface area contributed by atoms with E-state index in [1.165, 1.54) is 49.1 Å². The van der Waals surface area contributed by atoms with Gasteiger partial charge in [0.1, 0.15) is 18.6 Å². The Balaban J connectivity index is 1.35. The Kier molecular flexibility index (Phi) is 11.3. The van der Waals surface area contributed by atoms with E-state index in [0.717, 1.165) is 51.0 Å². The van der Waals surface area contributed by atoms with Gasteiger partial charge in [-0.2, -0.15) is 0 Å². The number of ether oxygens (including phenoxy) is 1. The van der Waals surface area contributed by atoms with Crippen LogP contribution in [0.25, 0.3) is 0 Å². The zero-order valence-corrected chi connectivity index (χ0v) is 22.1. The van der Waals surface area contributed by atoms with Crippen molar-refractivity contribution in [2.45, 2.75) is 78.4 Å². The maximum Gasteiger partial charge on any atom is 0.227 e. The molecule has 1 aromatic carbocycles. The largest absolute Gasteiger partial charge is 0.482 e. The van der Waals surface area contributed by atoms with Gasteiger partial charge >= 0.3 is 0 Å². The molecule has 0 N–H and O–H groups in total. The van der Waals surface area contributed by atoms with Gasteiger partial charge in [-0.3, -0.25) is 14.5 Å². The van der Waals surface area contributed by atoms with Crippen LogP contribution in [0.3, 0.4) is 0 Å². The SMILES string of the molecule is C=CCCCCCCCCC(=O)N1CCN(Cc2cc(=O)c(OCc3cc(C)cc(C)c3)co2)CC1. The lowest BCUT2D eigenvalue weighted by molar-refractivity contribution is -0.133. The molecule has 6 heteroatoms. The fraction of sp³-hybridized carbons (Fsp3) is 0.533. The summed E-state index contributed by atoms with van der Waals surface area (Å²) in [6.45, 7) is 11.7. The molecule has 36 heavy (non-hydrogen) atoms. The number of unbranched alkanes of at least 4 members (excludes halogenated alkanes) is 6. The Hall–Kier alpha value is -2.86. The van der Waals surface area contributed by atoms with E-state index in [1.54, 1.807) is 0 Å². The lowest BCUT2D eigenvalue weighted by Gasteiger charge is -2.34. The number of allylic oxidation sites excluding steroid dienone is 1. The number of carbonyl (C=O) groups is 1. The van der Waals surface area contributed by atoms with Gasteiger partial charge in [0.25, 0.3) is 0 Å². The average Bonchev–Trinajstić information content (AvgIpc) is 2.85. The highest BCUT2D eigenvalue weighted by Gasteiger charge is 2.21. The highest BCUT2D eigenvalue weighted by Crippen LogP contribution is 2.15. The van der Waals surface area contributed by atoms with E-state index in [-0.39, 0.29) is 17.1 Å². The summed E-state index contributed by atoms with van der Waals surface area (Å²) >= 11 is 0. The van der Waals surface area contributed by atoms with Crippen molar-refractivity contribution >= 4 is 5.91 Å². The first kappa shape index (κ1) is 27.7. The van der Waals surface area contributed by atoms with Crippen LogP contribution >= 0.6 is 0 Å². The maximum atomic E-state index is 12.5. The Morgan fingerprint density at radius 3 is 2.31 bits per heavy atom. The van der Waals surface area contributed by atoms with Crippen LogP contribution in [-0.4, -0.2) is 41.9 Å². The molecule has 6 nitrogen and oxygen atoms in total. The normalized spacial score (nSPS) is 14.1. The molecule has 196 valence electrons. The second kappa shape index (κ2) is 14.6. The quantitative estimate of drug-likeness (QED) is 0.246. The number of aryl methyl sites for hydroxylation is 2. The number of hydrogen-bond donors (Lipinski definition) is 0. The Morgan fingerprint density at radius 2 is 1.64 bits per heavy atom. The monoisotopic (exact) mass is 494 g/mol. The van der Waals surface area contributed by atoms with Crippen molar-refractivity contribution in [2.24, 2.45) is 0 Å². The van der Waals surface area contributed by atoms with Gasteiger partial charge in [0.15, 0.2) is 0 Å². The van der Waals surface area contributed by atoms with E-state index in [4.69, 9.17) is 9.15 Å². The lowest BCUT2D eigenvalue weighted by atomic mass is 10.1. The molecule has 0 bridgehead atoms. The van der Waals surface area contributed by atoms with Crippen LogP contribution in [0.5, 0.6) is 5.75 Å². The molecule has 1 aliphatic rings. The maximum absolute atomic E-state index is 12.5. The zero-order valence-electron chi connectivity index (χ0n) is 22.1. The lowest BCUT2D eigenvalue weighted by Crippen LogP contribution is -2.48. The second-order valence-corrected chi connectivity index (χ2v) is 9.97. The molecule has 0 atom stereocenters. The summed E-state index contributed by atoms with van der Waals surface area (Å²) in [4.78, 5) is 29.3. The molecule has 0 saturated carbocycles. The highest BCUT2D eigenvalue weighted by molar-refractivity contribution is 5.76. The molecule has 1 fully saturated rings. The predicted molar refractivity (Wildman–Crippen MR) is 144 cm³/mol. The fourth-order valence-corrected chi connectivity index (χ4v) is 4.75.